The summed E-state index contributed by atoms with van der Waals surface area (Å²) in [4.78, 5) is 0. The van der Waals surface area contributed by atoms with Crippen LogP contribution in [0.15, 0.2) is 54.6 Å². The predicted octanol–water partition coefficient (Wildman–Crippen LogP) is 1.82. The zero-order chi connectivity index (χ0) is 11.4. The Morgan fingerprint density at radius 3 is 2.18 bits per heavy atom. The first-order valence-corrected chi connectivity index (χ1v) is 6.46. The number of rotatable bonds is 3. The maximum atomic E-state index is 12.3. The smallest absolute Gasteiger partial charge is 0.135 e. The average molecular weight is 239 g/mol. The molecule has 0 aliphatic rings. The van der Waals surface area contributed by atoms with Gasteiger partial charge in [0.1, 0.15) is 13.6 Å². The monoisotopic (exact) mass is 239 g/mol. The third-order valence-electron chi connectivity index (χ3n) is 2.39. The van der Waals surface area contributed by atoms with Gasteiger partial charge in [-0.1, -0.05) is 42.5 Å². The van der Waals surface area contributed by atoms with Crippen LogP contribution in [0.25, 0.3) is 0 Å². The number of hydrogen-bond acceptors (Lipinski definition) is 2. The van der Waals surface area contributed by atoms with Gasteiger partial charge in [0.15, 0.2) is 0 Å². The fourth-order valence-corrected chi connectivity index (χ4v) is 3.04. The molecular formula is C13H13LiO2P. The number of benzene rings is 2. The van der Waals surface area contributed by atoms with Gasteiger partial charge in [-0.25, -0.2) is 0 Å². The fourth-order valence-electron chi connectivity index (χ4n) is 1.58. The second-order valence-corrected chi connectivity index (χ2v) is 5.17. The molecule has 0 saturated carbocycles. The van der Waals surface area contributed by atoms with E-state index in [1.165, 1.54) is 0 Å². The van der Waals surface area contributed by atoms with Crippen LogP contribution in [0.4, 0.5) is 0 Å². The van der Waals surface area contributed by atoms with Crippen molar-refractivity contribution in [3.63, 3.8) is 0 Å². The second-order valence-electron chi connectivity index (χ2n) is 3.40. The van der Waals surface area contributed by atoms with Crippen LogP contribution >= 0.6 is 7.80 Å². The molecule has 0 aromatic heterocycles. The van der Waals surface area contributed by atoms with Crippen LogP contribution in [0.3, 0.4) is 0 Å². The van der Waals surface area contributed by atoms with Crippen LogP contribution in [0.2, 0.25) is 0 Å². The first kappa shape index (κ1) is 14.1. The summed E-state index contributed by atoms with van der Waals surface area (Å²) >= 11 is 0. The molecule has 0 spiro atoms. The van der Waals surface area contributed by atoms with Gasteiger partial charge in [-0.15, -0.1) is 0 Å². The SMILES string of the molecule is COc1ccccc1[PH](=O)c1ccccc1.[Li]. The maximum Gasteiger partial charge on any atom is 0.135 e. The molecule has 0 aliphatic heterocycles. The van der Waals surface area contributed by atoms with Gasteiger partial charge in [0.25, 0.3) is 0 Å². The summed E-state index contributed by atoms with van der Waals surface area (Å²) in [6, 6.07) is 16.9. The van der Waals surface area contributed by atoms with Crippen molar-refractivity contribution in [1.82, 2.24) is 0 Å². The van der Waals surface area contributed by atoms with Crippen molar-refractivity contribution in [3.05, 3.63) is 54.6 Å². The molecule has 0 fully saturated rings. The van der Waals surface area contributed by atoms with Crippen molar-refractivity contribution in [2.45, 2.75) is 0 Å². The van der Waals surface area contributed by atoms with Gasteiger partial charge in [0.05, 0.1) is 12.4 Å². The fraction of sp³-hybridized carbons (Fsp3) is 0.0769. The standard InChI is InChI=1S/C13H13O2P.Li/c1-15-12-9-5-6-10-13(12)16(14)11-7-3-2-4-8-11;/h2-10,16H,1H3;. The summed E-state index contributed by atoms with van der Waals surface area (Å²) < 4.78 is 17.5. The van der Waals surface area contributed by atoms with Crippen molar-refractivity contribution in [1.29, 1.82) is 0 Å². The largest absolute Gasteiger partial charge is 0.496 e. The molecule has 0 heterocycles. The van der Waals surface area contributed by atoms with Crippen molar-refractivity contribution >= 4 is 37.3 Å². The van der Waals surface area contributed by atoms with E-state index < -0.39 is 7.80 Å². The molecule has 1 atom stereocenters. The quantitative estimate of drug-likeness (QED) is 0.603. The molecule has 2 nitrogen and oxygen atoms in total. The van der Waals surface area contributed by atoms with E-state index in [9.17, 15) is 4.57 Å². The third-order valence-corrected chi connectivity index (χ3v) is 4.15. The Hall–Kier alpha value is -0.933. The minimum atomic E-state index is -1.96. The minimum absolute atomic E-state index is 0. The van der Waals surface area contributed by atoms with Crippen LogP contribution in [0, 0.1) is 0 Å². The molecule has 0 amide bonds. The normalized spacial score (nSPS) is 11.4. The van der Waals surface area contributed by atoms with E-state index in [0.29, 0.717) is 5.75 Å². The molecular weight excluding hydrogens is 226 g/mol. The van der Waals surface area contributed by atoms with E-state index in [2.05, 4.69) is 0 Å². The van der Waals surface area contributed by atoms with E-state index in [0.717, 1.165) is 10.6 Å². The third kappa shape index (κ3) is 3.27. The van der Waals surface area contributed by atoms with Crippen LogP contribution in [0.5, 0.6) is 5.75 Å². The van der Waals surface area contributed by atoms with Crippen LogP contribution in [-0.4, -0.2) is 26.0 Å². The summed E-state index contributed by atoms with van der Waals surface area (Å²) in [5, 5.41) is 1.64. The first-order chi connectivity index (χ1) is 7.83. The molecule has 0 N–H and O–H groups in total. The molecule has 2 rings (SSSR count). The summed E-state index contributed by atoms with van der Waals surface area (Å²) in [5.74, 6) is 0.690. The Morgan fingerprint density at radius 1 is 0.941 bits per heavy atom. The van der Waals surface area contributed by atoms with Crippen molar-refractivity contribution < 1.29 is 9.30 Å². The molecule has 83 valence electrons. The van der Waals surface area contributed by atoms with E-state index in [4.69, 9.17) is 4.74 Å². The van der Waals surface area contributed by atoms with E-state index in [-0.39, 0.29) is 18.9 Å². The van der Waals surface area contributed by atoms with E-state index in [1.807, 2.05) is 54.6 Å². The Morgan fingerprint density at radius 2 is 1.53 bits per heavy atom. The molecule has 1 radical (unpaired) electrons. The summed E-state index contributed by atoms with van der Waals surface area (Å²) in [6.45, 7) is 0. The van der Waals surface area contributed by atoms with Crippen molar-refractivity contribution in [2.75, 3.05) is 7.11 Å². The van der Waals surface area contributed by atoms with E-state index >= 15 is 0 Å². The molecule has 0 bridgehead atoms. The Balaban J connectivity index is 0.00000144. The van der Waals surface area contributed by atoms with Crippen LogP contribution in [-0.2, 0) is 4.57 Å². The van der Waals surface area contributed by atoms with Gasteiger partial charge < -0.3 is 9.30 Å². The molecule has 1 unspecified atom stereocenters. The molecule has 2 aromatic rings. The number of ether oxygens (including phenoxy) is 1. The number of hydrogen-bond donors (Lipinski definition) is 0. The maximum absolute atomic E-state index is 12.3. The zero-order valence-electron chi connectivity index (χ0n) is 10.0. The van der Waals surface area contributed by atoms with Crippen LogP contribution < -0.4 is 15.3 Å². The Labute approximate surface area is 114 Å². The van der Waals surface area contributed by atoms with Crippen molar-refractivity contribution in [3.8, 4) is 5.75 Å². The van der Waals surface area contributed by atoms with Gasteiger partial charge in [0.2, 0.25) is 0 Å². The Bertz CT molecular complexity index is 500. The summed E-state index contributed by atoms with van der Waals surface area (Å²) in [6.07, 6.45) is 0. The summed E-state index contributed by atoms with van der Waals surface area (Å²) in [5.41, 5.74) is 0. The number of para-hydroxylation sites is 1. The van der Waals surface area contributed by atoms with Gasteiger partial charge in [-0.2, -0.15) is 0 Å². The molecule has 2 aromatic carbocycles. The zero-order valence-corrected chi connectivity index (χ0v) is 11.0. The topological polar surface area (TPSA) is 26.3 Å². The molecule has 17 heavy (non-hydrogen) atoms. The van der Waals surface area contributed by atoms with Gasteiger partial charge in [-0.05, 0) is 12.1 Å². The van der Waals surface area contributed by atoms with Crippen LogP contribution in [0.1, 0.15) is 0 Å². The van der Waals surface area contributed by atoms with Gasteiger partial charge >= 0.3 is 0 Å². The predicted molar refractivity (Wildman–Crippen MR) is 73.5 cm³/mol. The summed E-state index contributed by atoms with van der Waals surface area (Å²) in [7, 11) is -0.365. The average Bonchev–Trinajstić information content (AvgIpc) is 2.39. The Kier molecular flexibility index (Phi) is 5.58. The van der Waals surface area contributed by atoms with E-state index in [1.54, 1.807) is 7.11 Å². The molecule has 4 heteroatoms. The molecule has 0 aliphatic carbocycles. The second kappa shape index (κ2) is 6.72. The first-order valence-electron chi connectivity index (χ1n) is 5.05. The minimum Gasteiger partial charge on any atom is -0.496 e. The van der Waals surface area contributed by atoms with Gasteiger partial charge in [0, 0.05) is 24.2 Å². The molecule has 0 saturated heterocycles. The number of methoxy groups -OCH3 is 1. The van der Waals surface area contributed by atoms with Crippen molar-refractivity contribution in [2.24, 2.45) is 0 Å². The van der Waals surface area contributed by atoms with Gasteiger partial charge in [-0.3, -0.25) is 0 Å².